The predicted molar refractivity (Wildman–Crippen MR) is 39.2 cm³/mol. The van der Waals surface area contributed by atoms with Crippen molar-refractivity contribution in [2.75, 3.05) is 0 Å². The third-order valence-corrected chi connectivity index (χ3v) is 3.42. The van der Waals surface area contributed by atoms with E-state index in [0.717, 1.165) is 16.7 Å². The number of rotatable bonds is 3. The first-order chi connectivity index (χ1) is 3.72. The van der Waals surface area contributed by atoms with Gasteiger partial charge in [-0.25, -0.2) is 0 Å². The van der Waals surface area contributed by atoms with Crippen LogP contribution in [0.25, 0.3) is 0 Å². The lowest BCUT2D eigenvalue weighted by molar-refractivity contribution is 0.649. The Kier molecular flexibility index (Phi) is 3.69. The maximum absolute atomic E-state index is 9.88. The van der Waals surface area contributed by atoms with Gasteiger partial charge in [0.2, 0.25) is 0 Å². The standard InChI is InChI=1S/C5H13NOSi/c1-3-5(8)4(2)6-7/h4-5H,3H2,1-2,8H3. The smallest absolute Gasteiger partial charge is 0.0887 e. The first kappa shape index (κ1) is 7.82. The van der Waals surface area contributed by atoms with Crippen molar-refractivity contribution in [3.63, 3.8) is 0 Å². The number of hydrogen-bond acceptors (Lipinski definition) is 2. The van der Waals surface area contributed by atoms with Crippen LogP contribution in [-0.4, -0.2) is 16.3 Å². The van der Waals surface area contributed by atoms with Crippen LogP contribution in [0.15, 0.2) is 5.18 Å². The molecule has 0 saturated carbocycles. The third-order valence-electron chi connectivity index (χ3n) is 1.63. The average Bonchev–Trinajstić information content (AvgIpc) is 1.84. The van der Waals surface area contributed by atoms with Crippen LogP contribution in [0, 0.1) is 4.91 Å². The van der Waals surface area contributed by atoms with E-state index in [-0.39, 0.29) is 6.04 Å². The van der Waals surface area contributed by atoms with Gasteiger partial charge in [-0.2, -0.15) is 4.91 Å². The molecule has 0 aromatic heterocycles. The molecule has 0 bridgehead atoms. The zero-order valence-electron chi connectivity index (χ0n) is 5.72. The molecule has 2 atom stereocenters. The second kappa shape index (κ2) is 3.77. The van der Waals surface area contributed by atoms with Gasteiger partial charge in [0.1, 0.15) is 0 Å². The van der Waals surface area contributed by atoms with Crippen LogP contribution in [0.2, 0.25) is 5.54 Å². The summed E-state index contributed by atoms with van der Waals surface area (Å²) in [6.07, 6.45) is 1.10. The van der Waals surface area contributed by atoms with Crippen LogP contribution >= 0.6 is 0 Å². The normalized spacial score (nSPS) is 17.8. The molecular weight excluding hydrogens is 118 g/mol. The molecule has 0 heterocycles. The van der Waals surface area contributed by atoms with Gasteiger partial charge >= 0.3 is 0 Å². The van der Waals surface area contributed by atoms with E-state index in [4.69, 9.17) is 0 Å². The van der Waals surface area contributed by atoms with Gasteiger partial charge in [0.15, 0.2) is 0 Å². The van der Waals surface area contributed by atoms with Gasteiger partial charge in [0.05, 0.1) is 6.04 Å². The molecule has 2 unspecified atom stereocenters. The summed E-state index contributed by atoms with van der Waals surface area (Å²) in [6.45, 7) is 3.98. The summed E-state index contributed by atoms with van der Waals surface area (Å²) in [5.74, 6) is 0. The van der Waals surface area contributed by atoms with Gasteiger partial charge in [0, 0.05) is 10.2 Å². The molecule has 0 saturated heterocycles. The first-order valence-corrected chi connectivity index (χ1v) is 4.20. The van der Waals surface area contributed by atoms with Crippen LogP contribution < -0.4 is 0 Å². The van der Waals surface area contributed by atoms with Crippen LogP contribution in [-0.2, 0) is 0 Å². The van der Waals surface area contributed by atoms with E-state index in [1.807, 2.05) is 6.92 Å². The molecule has 48 valence electrons. The highest BCUT2D eigenvalue weighted by Crippen LogP contribution is 2.12. The highest BCUT2D eigenvalue weighted by molar-refractivity contribution is 6.12. The van der Waals surface area contributed by atoms with Crippen molar-refractivity contribution < 1.29 is 0 Å². The molecule has 0 aliphatic carbocycles. The van der Waals surface area contributed by atoms with Crippen molar-refractivity contribution in [1.82, 2.24) is 0 Å². The Bertz CT molecular complexity index is 76.8. The monoisotopic (exact) mass is 131 g/mol. The predicted octanol–water partition coefficient (Wildman–Crippen LogP) is 0.705. The molecule has 8 heavy (non-hydrogen) atoms. The molecule has 2 nitrogen and oxygen atoms in total. The SMILES string of the molecule is CCC([SiH3])C(C)N=O. The van der Waals surface area contributed by atoms with Crippen LogP contribution in [0.4, 0.5) is 0 Å². The minimum atomic E-state index is 0.0478. The highest BCUT2D eigenvalue weighted by Gasteiger charge is 2.08. The Hall–Kier alpha value is -0.183. The lowest BCUT2D eigenvalue weighted by atomic mass is 10.2. The van der Waals surface area contributed by atoms with Gasteiger partial charge in [-0.1, -0.05) is 18.5 Å². The molecule has 0 fully saturated rings. The lowest BCUT2D eigenvalue weighted by Crippen LogP contribution is -2.06. The van der Waals surface area contributed by atoms with Crippen molar-refractivity contribution in [3.05, 3.63) is 4.91 Å². The Morgan fingerprint density at radius 2 is 2.25 bits per heavy atom. The summed E-state index contributed by atoms with van der Waals surface area (Å²) in [5, 5.41) is 2.94. The molecule has 0 aliphatic rings. The summed E-state index contributed by atoms with van der Waals surface area (Å²) in [5.41, 5.74) is 0.576. The largest absolute Gasteiger partial charge is 0.151 e. The van der Waals surface area contributed by atoms with Crippen LogP contribution in [0.1, 0.15) is 20.3 Å². The molecule has 0 aromatic carbocycles. The van der Waals surface area contributed by atoms with Crippen molar-refractivity contribution in [1.29, 1.82) is 0 Å². The summed E-state index contributed by atoms with van der Waals surface area (Å²) >= 11 is 0. The first-order valence-electron chi connectivity index (χ1n) is 3.04. The van der Waals surface area contributed by atoms with E-state index in [1.165, 1.54) is 0 Å². The average molecular weight is 131 g/mol. The maximum atomic E-state index is 9.88. The summed E-state index contributed by atoms with van der Waals surface area (Å²) in [6, 6.07) is 0.0478. The van der Waals surface area contributed by atoms with E-state index in [0.29, 0.717) is 5.54 Å². The van der Waals surface area contributed by atoms with Gasteiger partial charge in [-0.3, -0.25) is 0 Å². The zero-order valence-corrected chi connectivity index (χ0v) is 7.72. The fourth-order valence-electron chi connectivity index (χ4n) is 0.445. The molecule has 3 heteroatoms. The summed E-state index contributed by atoms with van der Waals surface area (Å²) in [4.78, 5) is 9.88. The molecule has 0 rings (SSSR count). The highest BCUT2D eigenvalue weighted by atomic mass is 28.1. The summed E-state index contributed by atoms with van der Waals surface area (Å²) < 4.78 is 0. The van der Waals surface area contributed by atoms with Crippen molar-refractivity contribution in [2.24, 2.45) is 5.18 Å². The third kappa shape index (κ3) is 2.21. The molecular formula is C5H13NOSi. The van der Waals surface area contributed by atoms with Crippen molar-refractivity contribution >= 4 is 10.2 Å². The fourth-order valence-corrected chi connectivity index (χ4v) is 0.567. The second-order valence-electron chi connectivity index (χ2n) is 2.23. The van der Waals surface area contributed by atoms with Gasteiger partial charge in [-0.05, 0) is 12.5 Å². The van der Waals surface area contributed by atoms with Gasteiger partial charge in [0.25, 0.3) is 0 Å². The maximum Gasteiger partial charge on any atom is 0.0887 e. The van der Waals surface area contributed by atoms with Crippen LogP contribution in [0.3, 0.4) is 0 Å². The van der Waals surface area contributed by atoms with Gasteiger partial charge in [-0.15, -0.1) is 0 Å². The van der Waals surface area contributed by atoms with Crippen molar-refractivity contribution in [2.45, 2.75) is 31.9 Å². The molecule has 0 aromatic rings. The minimum Gasteiger partial charge on any atom is -0.151 e. The van der Waals surface area contributed by atoms with E-state index in [2.05, 4.69) is 12.1 Å². The Labute approximate surface area is 53.1 Å². The fraction of sp³-hybridized carbons (Fsp3) is 1.00. The van der Waals surface area contributed by atoms with E-state index < -0.39 is 0 Å². The number of nitroso groups, excluding NO2 is 1. The molecule has 0 spiro atoms. The topological polar surface area (TPSA) is 29.4 Å². The zero-order chi connectivity index (χ0) is 6.57. The van der Waals surface area contributed by atoms with Gasteiger partial charge < -0.3 is 0 Å². The molecule has 0 amide bonds. The van der Waals surface area contributed by atoms with E-state index in [1.54, 1.807) is 0 Å². The quantitative estimate of drug-likeness (QED) is 0.409. The summed E-state index contributed by atoms with van der Waals surface area (Å²) in [7, 11) is 1.09. The number of nitrogens with zero attached hydrogens (tertiary/aromatic N) is 1. The molecule has 0 radical (unpaired) electrons. The Balaban J connectivity index is 3.44. The second-order valence-corrected chi connectivity index (χ2v) is 3.71. The molecule has 0 aliphatic heterocycles. The Morgan fingerprint density at radius 1 is 1.75 bits per heavy atom. The molecule has 0 N–H and O–H groups in total. The Morgan fingerprint density at radius 3 is 2.38 bits per heavy atom. The van der Waals surface area contributed by atoms with Crippen molar-refractivity contribution in [3.8, 4) is 0 Å². The lowest BCUT2D eigenvalue weighted by Gasteiger charge is -2.07. The van der Waals surface area contributed by atoms with E-state index >= 15 is 0 Å². The minimum absolute atomic E-state index is 0.0478. The van der Waals surface area contributed by atoms with E-state index in [9.17, 15) is 4.91 Å². The van der Waals surface area contributed by atoms with Crippen LogP contribution in [0.5, 0.6) is 0 Å². The number of hydrogen-bond donors (Lipinski definition) is 0.